The lowest BCUT2D eigenvalue weighted by Gasteiger charge is -2.09. The Kier molecular flexibility index (Phi) is 4.26. The maximum absolute atomic E-state index is 11.2. The molecule has 0 aliphatic carbocycles. The number of aryl methyl sites for hydroxylation is 1. The largest absolute Gasteiger partial charge is 0.380 e. The van der Waals surface area contributed by atoms with Crippen molar-refractivity contribution in [2.24, 2.45) is 5.14 Å². The average Bonchev–Trinajstić information content (AvgIpc) is 2.45. The van der Waals surface area contributed by atoms with Gasteiger partial charge >= 0.3 is 0 Å². The van der Waals surface area contributed by atoms with Gasteiger partial charge in [-0.25, -0.2) is 13.6 Å². The summed E-state index contributed by atoms with van der Waals surface area (Å²) in [6.07, 6.45) is 0. The second-order valence-corrected chi connectivity index (χ2v) is 6.26. The molecule has 0 amide bonds. The summed E-state index contributed by atoms with van der Waals surface area (Å²) >= 11 is 0. The minimum Gasteiger partial charge on any atom is -0.380 e. The van der Waals surface area contributed by atoms with Gasteiger partial charge in [0.15, 0.2) is 0 Å². The lowest BCUT2D eigenvalue weighted by Crippen LogP contribution is -2.12. The standard InChI is InChI=1S/C15H15N3O2S/c1-11-2-7-15(13(8-11)9-16)18-10-12-3-5-14(6-4-12)21(17,19)20/h2-8,18H,10H2,1H3,(H2,17,19,20). The molecule has 6 heteroatoms. The Labute approximate surface area is 124 Å². The molecule has 0 saturated carbocycles. The molecule has 0 saturated heterocycles. The van der Waals surface area contributed by atoms with Crippen molar-refractivity contribution in [3.63, 3.8) is 0 Å². The van der Waals surface area contributed by atoms with Crippen LogP contribution in [0.15, 0.2) is 47.4 Å². The molecule has 0 bridgehead atoms. The van der Waals surface area contributed by atoms with Crippen LogP contribution in [0.4, 0.5) is 5.69 Å². The number of nitrogens with zero attached hydrogens (tertiary/aromatic N) is 1. The first-order chi connectivity index (χ1) is 9.90. The number of rotatable bonds is 4. The number of nitriles is 1. The predicted octanol–water partition coefficient (Wildman–Crippen LogP) is 2.13. The van der Waals surface area contributed by atoms with E-state index in [-0.39, 0.29) is 4.90 Å². The lowest BCUT2D eigenvalue weighted by molar-refractivity contribution is 0.598. The second-order valence-electron chi connectivity index (χ2n) is 4.70. The average molecular weight is 301 g/mol. The number of hydrogen-bond acceptors (Lipinski definition) is 4. The van der Waals surface area contributed by atoms with E-state index in [2.05, 4.69) is 11.4 Å². The van der Waals surface area contributed by atoms with E-state index in [9.17, 15) is 8.42 Å². The molecular formula is C15H15N3O2S. The van der Waals surface area contributed by atoms with Crippen molar-refractivity contribution in [2.45, 2.75) is 18.4 Å². The number of sulfonamides is 1. The van der Waals surface area contributed by atoms with E-state index in [0.717, 1.165) is 16.8 Å². The van der Waals surface area contributed by atoms with Crippen molar-refractivity contribution in [3.05, 3.63) is 59.2 Å². The van der Waals surface area contributed by atoms with Crippen LogP contribution >= 0.6 is 0 Å². The third-order valence-electron chi connectivity index (χ3n) is 3.03. The van der Waals surface area contributed by atoms with Crippen LogP contribution in [-0.4, -0.2) is 8.42 Å². The Morgan fingerprint density at radius 1 is 1.19 bits per heavy atom. The van der Waals surface area contributed by atoms with Gasteiger partial charge in [0.1, 0.15) is 6.07 Å². The molecule has 108 valence electrons. The number of nitrogens with two attached hydrogens (primary N) is 1. The zero-order valence-electron chi connectivity index (χ0n) is 11.5. The van der Waals surface area contributed by atoms with Gasteiger partial charge in [0.2, 0.25) is 10.0 Å². The van der Waals surface area contributed by atoms with Crippen LogP contribution in [0.2, 0.25) is 0 Å². The van der Waals surface area contributed by atoms with E-state index in [0.29, 0.717) is 12.1 Å². The SMILES string of the molecule is Cc1ccc(NCc2ccc(S(N)(=O)=O)cc2)c(C#N)c1. The molecule has 0 radical (unpaired) electrons. The van der Waals surface area contributed by atoms with E-state index in [1.165, 1.54) is 12.1 Å². The number of nitrogens with one attached hydrogen (secondary N) is 1. The zero-order valence-corrected chi connectivity index (χ0v) is 12.3. The number of benzene rings is 2. The molecule has 0 spiro atoms. The summed E-state index contributed by atoms with van der Waals surface area (Å²) in [5.41, 5.74) is 3.25. The Morgan fingerprint density at radius 3 is 2.43 bits per heavy atom. The minimum atomic E-state index is -3.67. The van der Waals surface area contributed by atoms with Gasteiger partial charge in [-0.15, -0.1) is 0 Å². The van der Waals surface area contributed by atoms with Crippen LogP contribution in [0, 0.1) is 18.3 Å². The van der Waals surface area contributed by atoms with Crippen molar-refractivity contribution in [2.75, 3.05) is 5.32 Å². The fourth-order valence-corrected chi connectivity index (χ4v) is 2.41. The molecule has 0 atom stereocenters. The maximum Gasteiger partial charge on any atom is 0.238 e. The highest BCUT2D eigenvalue weighted by Crippen LogP contribution is 2.17. The van der Waals surface area contributed by atoms with Crippen LogP contribution < -0.4 is 10.5 Å². The molecule has 0 aliphatic rings. The van der Waals surface area contributed by atoms with Crippen LogP contribution in [0.3, 0.4) is 0 Å². The molecule has 3 N–H and O–H groups in total. The maximum atomic E-state index is 11.2. The van der Waals surface area contributed by atoms with E-state index in [1.54, 1.807) is 12.1 Å². The molecule has 0 unspecified atom stereocenters. The predicted molar refractivity (Wildman–Crippen MR) is 81.0 cm³/mol. The summed E-state index contributed by atoms with van der Waals surface area (Å²) in [6.45, 7) is 2.42. The van der Waals surface area contributed by atoms with Gasteiger partial charge in [0, 0.05) is 6.54 Å². The van der Waals surface area contributed by atoms with Gasteiger partial charge in [0.05, 0.1) is 16.1 Å². The zero-order chi connectivity index (χ0) is 15.5. The first-order valence-corrected chi connectivity index (χ1v) is 7.81. The molecule has 2 aromatic carbocycles. The molecule has 0 aliphatic heterocycles. The third-order valence-corrected chi connectivity index (χ3v) is 3.96. The minimum absolute atomic E-state index is 0.0827. The van der Waals surface area contributed by atoms with Crippen molar-refractivity contribution in [1.82, 2.24) is 0 Å². The second kappa shape index (κ2) is 5.95. The summed E-state index contributed by atoms with van der Waals surface area (Å²) < 4.78 is 22.3. The molecule has 0 aromatic heterocycles. The summed E-state index contributed by atoms with van der Waals surface area (Å²) in [4.78, 5) is 0.0827. The number of hydrogen-bond donors (Lipinski definition) is 2. The van der Waals surface area contributed by atoms with Gasteiger partial charge < -0.3 is 5.32 Å². The first kappa shape index (κ1) is 15.0. The Balaban J connectivity index is 2.12. The Morgan fingerprint density at radius 2 is 1.86 bits per heavy atom. The molecule has 2 aromatic rings. The monoisotopic (exact) mass is 301 g/mol. The van der Waals surface area contributed by atoms with Gasteiger partial charge in [-0.2, -0.15) is 5.26 Å². The quantitative estimate of drug-likeness (QED) is 0.904. The van der Waals surface area contributed by atoms with Crippen molar-refractivity contribution in [1.29, 1.82) is 5.26 Å². The molecular weight excluding hydrogens is 286 g/mol. The Bertz CT molecular complexity index is 791. The molecule has 21 heavy (non-hydrogen) atoms. The fourth-order valence-electron chi connectivity index (χ4n) is 1.90. The normalized spacial score (nSPS) is 10.9. The number of anilines is 1. The summed E-state index contributed by atoms with van der Waals surface area (Å²) in [7, 11) is -3.67. The van der Waals surface area contributed by atoms with Crippen LogP contribution in [0.5, 0.6) is 0 Å². The molecule has 2 rings (SSSR count). The molecule has 0 heterocycles. The highest BCUT2D eigenvalue weighted by Gasteiger charge is 2.07. The van der Waals surface area contributed by atoms with E-state index < -0.39 is 10.0 Å². The van der Waals surface area contributed by atoms with Crippen LogP contribution in [0.1, 0.15) is 16.7 Å². The topological polar surface area (TPSA) is 96.0 Å². The highest BCUT2D eigenvalue weighted by molar-refractivity contribution is 7.89. The van der Waals surface area contributed by atoms with E-state index >= 15 is 0 Å². The summed E-state index contributed by atoms with van der Waals surface area (Å²) in [6, 6.07) is 14.0. The van der Waals surface area contributed by atoms with Crippen LogP contribution in [0.25, 0.3) is 0 Å². The Hall–Kier alpha value is -2.36. The molecule has 5 nitrogen and oxygen atoms in total. The third kappa shape index (κ3) is 3.81. The van der Waals surface area contributed by atoms with Gasteiger partial charge in [-0.1, -0.05) is 18.2 Å². The highest BCUT2D eigenvalue weighted by atomic mass is 32.2. The van der Waals surface area contributed by atoms with Crippen molar-refractivity contribution >= 4 is 15.7 Å². The first-order valence-electron chi connectivity index (χ1n) is 6.26. The van der Waals surface area contributed by atoms with Gasteiger partial charge in [-0.05, 0) is 42.3 Å². The lowest BCUT2D eigenvalue weighted by atomic mass is 10.1. The smallest absolute Gasteiger partial charge is 0.238 e. The molecule has 0 fully saturated rings. The van der Waals surface area contributed by atoms with Gasteiger partial charge in [-0.3, -0.25) is 0 Å². The summed E-state index contributed by atoms with van der Waals surface area (Å²) in [5, 5.41) is 17.3. The number of primary sulfonamides is 1. The summed E-state index contributed by atoms with van der Waals surface area (Å²) in [5.74, 6) is 0. The van der Waals surface area contributed by atoms with E-state index in [4.69, 9.17) is 10.4 Å². The van der Waals surface area contributed by atoms with Gasteiger partial charge in [0.25, 0.3) is 0 Å². The fraction of sp³-hybridized carbons (Fsp3) is 0.133. The van der Waals surface area contributed by atoms with Crippen LogP contribution in [-0.2, 0) is 16.6 Å². The van der Waals surface area contributed by atoms with Crippen molar-refractivity contribution in [3.8, 4) is 6.07 Å². The van der Waals surface area contributed by atoms with Crippen molar-refractivity contribution < 1.29 is 8.42 Å². The van der Waals surface area contributed by atoms with E-state index in [1.807, 2.05) is 25.1 Å².